The average Bonchev–Trinajstić information content (AvgIpc) is 3.22. The van der Waals surface area contributed by atoms with Crippen molar-refractivity contribution < 1.29 is 14.3 Å². The second kappa shape index (κ2) is 7.91. The van der Waals surface area contributed by atoms with E-state index in [-0.39, 0.29) is 5.91 Å². The van der Waals surface area contributed by atoms with Crippen LogP contribution in [0.15, 0.2) is 30.3 Å². The smallest absolute Gasteiger partial charge is 0.257 e. The molecule has 2 heterocycles. The number of piperazine rings is 1. The molecule has 0 spiro atoms. The van der Waals surface area contributed by atoms with Crippen LogP contribution < -0.4 is 14.4 Å². The van der Waals surface area contributed by atoms with Crippen molar-refractivity contribution >= 4 is 32.6 Å². The topological polar surface area (TPSA) is 54.9 Å². The second-order valence-electron chi connectivity index (χ2n) is 7.22. The van der Waals surface area contributed by atoms with Gasteiger partial charge in [0.25, 0.3) is 5.91 Å². The molecule has 0 N–H and O–H groups in total. The van der Waals surface area contributed by atoms with E-state index in [0.29, 0.717) is 30.2 Å². The maximum Gasteiger partial charge on any atom is 0.257 e. The van der Waals surface area contributed by atoms with Gasteiger partial charge in [-0.3, -0.25) is 4.79 Å². The van der Waals surface area contributed by atoms with Crippen molar-refractivity contribution in [2.75, 3.05) is 45.3 Å². The van der Waals surface area contributed by atoms with Crippen LogP contribution in [0.5, 0.6) is 11.5 Å². The Balaban J connectivity index is 1.51. The number of amides is 1. The molecule has 3 aromatic rings. The van der Waals surface area contributed by atoms with Crippen molar-refractivity contribution in [1.29, 1.82) is 0 Å². The van der Waals surface area contributed by atoms with E-state index in [1.54, 1.807) is 43.8 Å². The van der Waals surface area contributed by atoms with Crippen LogP contribution in [0.1, 0.15) is 21.5 Å². The number of thiazole rings is 1. The fourth-order valence-corrected chi connectivity index (χ4v) is 4.80. The maximum atomic E-state index is 13.1. The number of benzene rings is 2. The summed E-state index contributed by atoms with van der Waals surface area (Å²) < 4.78 is 11.9. The minimum atomic E-state index is -0.0311. The van der Waals surface area contributed by atoms with Crippen molar-refractivity contribution in [1.82, 2.24) is 9.88 Å². The van der Waals surface area contributed by atoms with E-state index in [4.69, 9.17) is 14.5 Å². The van der Waals surface area contributed by atoms with Crippen molar-refractivity contribution in [2.24, 2.45) is 0 Å². The zero-order valence-corrected chi connectivity index (χ0v) is 18.0. The van der Waals surface area contributed by atoms with Gasteiger partial charge < -0.3 is 19.3 Å². The van der Waals surface area contributed by atoms with Gasteiger partial charge in [-0.05, 0) is 43.2 Å². The summed E-state index contributed by atoms with van der Waals surface area (Å²) >= 11 is 1.74. The average molecular weight is 412 g/mol. The third-order valence-corrected chi connectivity index (χ3v) is 6.66. The molecule has 152 valence electrons. The standard InChI is InChI=1S/C22H25N3O3S/c1-14-5-6-15(2)20-19(14)23-22(29-20)25-11-9-24(10-12-25)21(26)17-13-16(27-3)7-8-18(17)28-4/h5-8,13H,9-12H2,1-4H3. The van der Waals surface area contributed by atoms with E-state index >= 15 is 0 Å². The number of rotatable bonds is 4. The van der Waals surface area contributed by atoms with E-state index in [9.17, 15) is 4.79 Å². The maximum absolute atomic E-state index is 13.1. The van der Waals surface area contributed by atoms with Crippen LogP contribution >= 0.6 is 11.3 Å². The molecule has 0 saturated carbocycles. The Labute approximate surface area is 174 Å². The van der Waals surface area contributed by atoms with E-state index < -0.39 is 0 Å². The molecule has 6 nitrogen and oxygen atoms in total. The third-order valence-electron chi connectivity index (χ3n) is 5.41. The van der Waals surface area contributed by atoms with E-state index in [0.717, 1.165) is 23.7 Å². The van der Waals surface area contributed by atoms with Crippen molar-refractivity contribution in [2.45, 2.75) is 13.8 Å². The summed E-state index contributed by atoms with van der Waals surface area (Å²) in [6, 6.07) is 9.59. The lowest BCUT2D eigenvalue weighted by Gasteiger charge is -2.34. The second-order valence-corrected chi connectivity index (χ2v) is 8.20. The number of carbonyl (C=O) groups excluding carboxylic acids is 1. The van der Waals surface area contributed by atoms with Gasteiger partial charge >= 0.3 is 0 Å². The van der Waals surface area contributed by atoms with Crippen LogP contribution in [0, 0.1) is 13.8 Å². The Morgan fingerprint density at radius 2 is 1.72 bits per heavy atom. The molecule has 0 radical (unpaired) electrons. The third kappa shape index (κ3) is 3.62. The molecule has 1 saturated heterocycles. The molecule has 29 heavy (non-hydrogen) atoms. The van der Waals surface area contributed by atoms with Gasteiger partial charge in [0.15, 0.2) is 5.13 Å². The number of hydrogen-bond donors (Lipinski definition) is 0. The molecule has 0 aliphatic carbocycles. The largest absolute Gasteiger partial charge is 0.497 e. The summed E-state index contributed by atoms with van der Waals surface area (Å²) in [6.07, 6.45) is 0. The lowest BCUT2D eigenvalue weighted by Crippen LogP contribution is -2.48. The number of fused-ring (bicyclic) bond motifs is 1. The summed E-state index contributed by atoms with van der Waals surface area (Å²) in [7, 11) is 3.17. The van der Waals surface area contributed by atoms with E-state index in [1.165, 1.54) is 15.8 Å². The Kier molecular flexibility index (Phi) is 5.32. The van der Waals surface area contributed by atoms with E-state index in [2.05, 4.69) is 30.9 Å². The molecule has 1 amide bonds. The number of aromatic nitrogens is 1. The molecule has 2 aromatic carbocycles. The predicted molar refractivity (Wildman–Crippen MR) is 117 cm³/mol. The molecule has 1 aliphatic heterocycles. The molecular formula is C22H25N3O3S. The molecule has 1 fully saturated rings. The first-order valence-corrected chi connectivity index (χ1v) is 10.5. The number of anilines is 1. The Morgan fingerprint density at radius 1 is 1.00 bits per heavy atom. The van der Waals surface area contributed by atoms with Crippen LogP contribution in [0.4, 0.5) is 5.13 Å². The lowest BCUT2D eigenvalue weighted by molar-refractivity contribution is 0.0743. The number of aryl methyl sites for hydroxylation is 2. The number of hydrogen-bond acceptors (Lipinski definition) is 6. The molecule has 0 bridgehead atoms. The molecule has 0 atom stereocenters. The lowest BCUT2D eigenvalue weighted by atomic mass is 10.1. The van der Waals surface area contributed by atoms with Crippen LogP contribution in [0.3, 0.4) is 0 Å². The molecule has 1 aromatic heterocycles. The van der Waals surface area contributed by atoms with Gasteiger partial charge in [-0.25, -0.2) is 4.98 Å². The highest BCUT2D eigenvalue weighted by molar-refractivity contribution is 7.22. The molecule has 7 heteroatoms. The normalized spacial score (nSPS) is 14.3. The fraction of sp³-hybridized carbons (Fsp3) is 0.364. The van der Waals surface area contributed by atoms with Gasteiger partial charge in [0.05, 0.1) is 30.0 Å². The summed E-state index contributed by atoms with van der Waals surface area (Å²) in [6.45, 7) is 7.04. The molecular weight excluding hydrogens is 386 g/mol. The highest BCUT2D eigenvalue weighted by atomic mass is 32.1. The van der Waals surface area contributed by atoms with E-state index in [1.807, 2.05) is 4.90 Å². The van der Waals surface area contributed by atoms with Crippen molar-refractivity contribution in [3.8, 4) is 11.5 Å². The zero-order valence-electron chi connectivity index (χ0n) is 17.2. The first-order valence-electron chi connectivity index (χ1n) is 9.65. The number of nitrogens with zero attached hydrogens (tertiary/aromatic N) is 3. The summed E-state index contributed by atoms with van der Waals surface area (Å²) in [5.41, 5.74) is 4.08. The Morgan fingerprint density at radius 3 is 2.38 bits per heavy atom. The van der Waals surface area contributed by atoms with Gasteiger partial charge in [0, 0.05) is 26.2 Å². The van der Waals surface area contributed by atoms with Crippen LogP contribution in [-0.2, 0) is 0 Å². The van der Waals surface area contributed by atoms with Gasteiger partial charge in [-0.15, -0.1) is 0 Å². The predicted octanol–water partition coefficient (Wildman–Crippen LogP) is 3.89. The first kappa shape index (κ1) is 19.5. The summed E-state index contributed by atoms with van der Waals surface area (Å²) in [4.78, 5) is 22.1. The van der Waals surface area contributed by atoms with Gasteiger partial charge in [-0.1, -0.05) is 23.5 Å². The molecule has 0 unspecified atom stereocenters. The quantitative estimate of drug-likeness (QED) is 0.652. The number of carbonyl (C=O) groups is 1. The van der Waals surface area contributed by atoms with Crippen molar-refractivity contribution in [3.63, 3.8) is 0 Å². The first-order chi connectivity index (χ1) is 14.0. The van der Waals surface area contributed by atoms with Gasteiger partial charge in [0.2, 0.25) is 0 Å². The number of methoxy groups -OCH3 is 2. The highest BCUT2D eigenvalue weighted by Crippen LogP contribution is 2.33. The SMILES string of the molecule is COc1ccc(OC)c(C(=O)N2CCN(c3nc4c(C)ccc(C)c4s3)CC2)c1. The summed E-state index contributed by atoms with van der Waals surface area (Å²) in [5.74, 6) is 1.18. The van der Waals surface area contributed by atoms with Crippen molar-refractivity contribution in [3.05, 3.63) is 47.0 Å². The van der Waals surface area contributed by atoms with Gasteiger partial charge in [0.1, 0.15) is 11.5 Å². The Bertz CT molecular complexity index is 1020. The van der Waals surface area contributed by atoms with Crippen LogP contribution in [0.25, 0.3) is 10.2 Å². The minimum Gasteiger partial charge on any atom is -0.497 e. The van der Waals surface area contributed by atoms with Crippen LogP contribution in [-0.4, -0.2) is 56.2 Å². The molecule has 1 aliphatic rings. The number of ether oxygens (including phenoxy) is 2. The highest BCUT2D eigenvalue weighted by Gasteiger charge is 2.26. The Hall–Kier alpha value is -2.80. The van der Waals surface area contributed by atoms with Crippen LogP contribution in [0.2, 0.25) is 0 Å². The molecule has 4 rings (SSSR count). The minimum absolute atomic E-state index is 0.0311. The van der Waals surface area contributed by atoms with Gasteiger partial charge in [-0.2, -0.15) is 0 Å². The fourth-order valence-electron chi connectivity index (χ4n) is 3.64. The zero-order chi connectivity index (χ0) is 20.5. The monoisotopic (exact) mass is 411 g/mol. The summed E-state index contributed by atoms with van der Waals surface area (Å²) in [5, 5.41) is 1.03.